The molecule has 2 aromatic heterocycles. The minimum atomic E-state index is -1.03. The number of carboxylic acid groups (broad SMARTS) is 1. The average molecular weight is 389 g/mol. The third kappa shape index (κ3) is 6.49. The van der Waals surface area contributed by atoms with Crippen molar-refractivity contribution in [3.05, 3.63) is 41.6 Å². The lowest BCUT2D eigenvalue weighted by atomic mass is 10.2. The molecular weight excluding hydrogens is 366 g/mol. The minimum absolute atomic E-state index is 0.0440. The smallest absolute Gasteiger partial charge is 0.337 e. The van der Waals surface area contributed by atoms with E-state index in [1.807, 2.05) is 27.7 Å². The molecule has 0 atom stereocenters. The lowest BCUT2D eigenvalue weighted by Gasteiger charge is -2.15. The number of hydrogen-bond acceptors (Lipinski definition) is 6. The second kappa shape index (κ2) is 9.27. The predicted octanol–water partition coefficient (Wildman–Crippen LogP) is 3.78. The van der Waals surface area contributed by atoms with E-state index in [0.29, 0.717) is 40.7 Å². The standard InChI is InChI=1S/C19H23N3O4S/c1-11(2)10-25-16-7-14(8-17(22-16)26-12(3)4)18(27)21-15-6-5-13(9-20-15)19(23)24/h5-9,11-12H,10H2,1-4H3,(H,23,24)(H,20,21,27). The third-order valence-corrected chi connectivity index (χ3v) is 3.55. The third-order valence-electron chi connectivity index (χ3n) is 3.21. The number of nitrogens with one attached hydrogen (secondary N) is 1. The van der Waals surface area contributed by atoms with Gasteiger partial charge in [-0.2, -0.15) is 4.98 Å². The summed E-state index contributed by atoms with van der Waals surface area (Å²) in [7, 11) is 0. The Kier molecular flexibility index (Phi) is 7.06. The maximum atomic E-state index is 10.9. The monoisotopic (exact) mass is 389 g/mol. The summed E-state index contributed by atoms with van der Waals surface area (Å²) >= 11 is 5.45. The molecule has 0 spiro atoms. The van der Waals surface area contributed by atoms with E-state index in [9.17, 15) is 4.79 Å². The minimum Gasteiger partial charge on any atom is -0.478 e. The van der Waals surface area contributed by atoms with Crippen molar-refractivity contribution in [2.75, 3.05) is 11.9 Å². The number of anilines is 1. The molecule has 0 saturated carbocycles. The van der Waals surface area contributed by atoms with Gasteiger partial charge in [-0.1, -0.05) is 26.1 Å². The number of ether oxygens (including phenoxy) is 2. The number of carbonyl (C=O) groups is 1. The Morgan fingerprint density at radius 3 is 2.44 bits per heavy atom. The van der Waals surface area contributed by atoms with Crippen LogP contribution < -0.4 is 14.8 Å². The number of hydrogen-bond donors (Lipinski definition) is 2. The van der Waals surface area contributed by atoms with Crippen molar-refractivity contribution in [3.63, 3.8) is 0 Å². The van der Waals surface area contributed by atoms with Crippen molar-refractivity contribution in [2.45, 2.75) is 33.8 Å². The molecule has 0 radical (unpaired) electrons. The van der Waals surface area contributed by atoms with Crippen LogP contribution in [-0.2, 0) is 0 Å². The zero-order chi connectivity index (χ0) is 20.0. The highest BCUT2D eigenvalue weighted by Gasteiger charge is 2.12. The summed E-state index contributed by atoms with van der Waals surface area (Å²) in [6, 6.07) is 6.47. The second-order valence-electron chi connectivity index (χ2n) is 6.60. The van der Waals surface area contributed by atoms with E-state index in [2.05, 4.69) is 15.3 Å². The number of aromatic carboxylic acids is 1. The Hall–Kier alpha value is -2.74. The van der Waals surface area contributed by atoms with Crippen molar-refractivity contribution in [1.29, 1.82) is 0 Å². The van der Waals surface area contributed by atoms with Gasteiger partial charge in [-0.15, -0.1) is 0 Å². The summed E-state index contributed by atoms with van der Waals surface area (Å²) in [5, 5.41) is 11.9. The van der Waals surface area contributed by atoms with E-state index in [-0.39, 0.29) is 11.7 Å². The van der Waals surface area contributed by atoms with E-state index < -0.39 is 5.97 Å². The van der Waals surface area contributed by atoms with E-state index in [1.54, 1.807) is 18.2 Å². The molecule has 0 unspecified atom stereocenters. The molecule has 0 aliphatic heterocycles. The molecule has 0 aliphatic rings. The topological polar surface area (TPSA) is 93.6 Å². The molecule has 2 rings (SSSR count). The van der Waals surface area contributed by atoms with Crippen LogP contribution in [0.4, 0.5) is 5.82 Å². The zero-order valence-corrected chi connectivity index (χ0v) is 16.5. The molecule has 2 heterocycles. The van der Waals surface area contributed by atoms with Crippen molar-refractivity contribution in [3.8, 4) is 11.8 Å². The Balaban J connectivity index is 2.21. The quantitative estimate of drug-likeness (QED) is 0.659. The number of carboxylic acids is 1. The first-order chi connectivity index (χ1) is 12.7. The van der Waals surface area contributed by atoms with Crippen LogP contribution in [-0.4, -0.2) is 38.7 Å². The molecule has 144 valence electrons. The lowest BCUT2D eigenvalue weighted by molar-refractivity contribution is 0.0696. The largest absolute Gasteiger partial charge is 0.478 e. The summed E-state index contributed by atoms with van der Waals surface area (Å²) in [6.45, 7) is 8.44. The highest BCUT2D eigenvalue weighted by Crippen LogP contribution is 2.21. The number of thiocarbonyl (C=S) groups is 1. The molecule has 0 aliphatic carbocycles. The van der Waals surface area contributed by atoms with Gasteiger partial charge in [-0.05, 0) is 31.9 Å². The summed E-state index contributed by atoms with van der Waals surface area (Å²) in [5.74, 6) is 0.604. The maximum absolute atomic E-state index is 10.9. The van der Waals surface area contributed by atoms with E-state index in [4.69, 9.17) is 26.8 Å². The normalized spacial score (nSPS) is 10.7. The molecule has 2 aromatic rings. The van der Waals surface area contributed by atoms with Gasteiger partial charge in [-0.3, -0.25) is 0 Å². The lowest BCUT2D eigenvalue weighted by Crippen LogP contribution is -2.15. The summed E-state index contributed by atoms with van der Waals surface area (Å²) in [4.78, 5) is 19.7. The summed E-state index contributed by atoms with van der Waals surface area (Å²) in [5.41, 5.74) is 0.769. The maximum Gasteiger partial charge on any atom is 0.337 e. The van der Waals surface area contributed by atoms with Gasteiger partial charge < -0.3 is 19.9 Å². The second-order valence-corrected chi connectivity index (χ2v) is 7.00. The number of nitrogens with zero attached hydrogens (tertiary/aromatic N) is 2. The first-order valence-electron chi connectivity index (χ1n) is 8.57. The van der Waals surface area contributed by atoms with Crippen molar-refractivity contribution in [1.82, 2.24) is 9.97 Å². The molecule has 7 nitrogen and oxygen atoms in total. The summed E-state index contributed by atoms with van der Waals surface area (Å²) in [6.07, 6.45) is 1.22. The van der Waals surface area contributed by atoms with Crippen LogP contribution in [0.5, 0.6) is 11.8 Å². The molecule has 0 fully saturated rings. The van der Waals surface area contributed by atoms with E-state index in [0.717, 1.165) is 0 Å². The van der Waals surface area contributed by atoms with Crippen molar-refractivity contribution in [2.24, 2.45) is 5.92 Å². The van der Waals surface area contributed by atoms with Crippen LogP contribution in [0.3, 0.4) is 0 Å². The van der Waals surface area contributed by atoms with E-state index in [1.165, 1.54) is 12.3 Å². The van der Waals surface area contributed by atoms with Crippen LogP contribution in [0.25, 0.3) is 0 Å². The fraction of sp³-hybridized carbons (Fsp3) is 0.368. The molecule has 8 heteroatoms. The van der Waals surface area contributed by atoms with Gasteiger partial charge >= 0.3 is 5.97 Å². The van der Waals surface area contributed by atoms with Crippen molar-refractivity contribution < 1.29 is 19.4 Å². The van der Waals surface area contributed by atoms with E-state index >= 15 is 0 Å². The number of pyridine rings is 2. The number of aromatic nitrogens is 2. The molecule has 0 amide bonds. The first kappa shape index (κ1) is 20.6. The molecule has 27 heavy (non-hydrogen) atoms. The molecule has 0 aromatic carbocycles. The Morgan fingerprint density at radius 2 is 1.89 bits per heavy atom. The predicted molar refractivity (Wildman–Crippen MR) is 107 cm³/mol. The van der Waals surface area contributed by atoms with Gasteiger partial charge in [-0.25, -0.2) is 9.78 Å². The van der Waals surface area contributed by atoms with Gasteiger partial charge in [0.1, 0.15) is 10.8 Å². The molecule has 2 N–H and O–H groups in total. The SMILES string of the molecule is CC(C)COc1cc(C(=S)Nc2ccc(C(=O)O)cn2)cc(OC(C)C)n1. The Labute approximate surface area is 163 Å². The Bertz CT molecular complexity index is 807. The van der Waals surface area contributed by atoms with Crippen LogP contribution in [0.15, 0.2) is 30.5 Å². The fourth-order valence-electron chi connectivity index (χ4n) is 2.02. The highest BCUT2D eigenvalue weighted by molar-refractivity contribution is 7.81. The molecule has 0 bridgehead atoms. The van der Waals surface area contributed by atoms with Gasteiger partial charge in [0.05, 0.1) is 18.3 Å². The van der Waals surface area contributed by atoms with Crippen molar-refractivity contribution >= 4 is 29.0 Å². The van der Waals surface area contributed by atoms with Gasteiger partial charge in [0.2, 0.25) is 11.8 Å². The fourth-order valence-corrected chi connectivity index (χ4v) is 2.25. The first-order valence-corrected chi connectivity index (χ1v) is 8.97. The Morgan fingerprint density at radius 1 is 1.19 bits per heavy atom. The van der Waals surface area contributed by atoms with Gasteiger partial charge in [0.25, 0.3) is 0 Å². The van der Waals surface area contributed by atoms with Gasteiger partial charge in [0.15, 0.2) is 0 Å². The van der Waals surface area contributed by atoms with Crippen LogP contribution >= 0.6 is 12.2 Å². The summed E-state index contributed by atoms with van der Waals surface area (Å²) < 4.78 is 11.4. The van der Waals surface area contributed by atoms with Crippen LogP contribution in [0.1, 0.15) is 43.6 Å². The zero-order valence-electron chi connectivity index (χ0n) is 15.7. The number of rotatable bonds is 8. The van der Waals surface area contributed by atoms with Crippen LogP contribution in [0.2, 0.25) is 0 Å². The average Bonchev–Trinajstić information content (AvgIpc) is 2.59. The highest BCUT2D eigenvalue weighted by atomic mass is 32.1. The van der Waals surface area contributed by atoms with Gasteiger partial charge in [0, 0.05) is 23.9 Å². The molecular formula is C19H23N3O4S. The van der Waals surface area contributed by atoms with Crippen LogP contribution in [0, 0.1) is 5.92 Å². The molecule has 0 saturated heterocycles.